The van der Waals surface area contributed by atoms with E-state index in [1.54, 1.807) is 7.11 Å². The van der Waals surface area contributed by atoms with Crippen LogP contribution in [0.3, 0.4) is 0 Å². The molecular formula is C31H40N2O3. The Hall–Kier alpha value is -2.60. The van der Waals surface area contributed by atoms with Crippen LogP contribution in [0.1, 0.15) is 55.6 Å². The number of nitrogens with one attached hydrogen (secondary N) is 2. The van der Waals surface area contributed by atoms with Gasteiger partial charge in [-0.05, 0) is 85.9 Å². The van der Waals surface area contributed by atoms with Crippen molar-refractivity contribution < 1.29 is 14.2 Å². The third-order valence-corrected chi connectivity index (χ3v) is 7.79. The summed E-state index contributed by atoms with van der Waals surface area (Å²) in [5, 5.41) is 4.67. The fraction of sp³-hybridized carbons (Fsp3) is 0.484. The third-order valence-electron chi connectivity index (χ3n) is 7.79. The molecule has 2 heterocycles. The van der Waals surface area contributed by atoms with E-state index in [0.717, 1.165) is 61.7 Å². The molecule has 3 atom stereocenters. The summed E-state index contributed by atoms with van der Waals surface area (Å²) in [5.74, 6) is 2.13. The Morgan fingerprint density at radius 3 is 2.81 bits per heavy atom. The molecule has 1 aromatic heterocycles. The van der Waals surface area contributed by atoms with E-state index in [1.165, 1.54) is 42.4 Å². The average molecular weight is 489 g/mol. The monoisotopic (exact) mass is 488 g/mol. The van der Waals surface area contributed by atoms with Gasteiger partial charge in [0.15, 0.2) is 0 Å². The topological polar surface area (TPSA) is 55.5 Å². The first-order valence-electron chi connectivity index (χ1n) is 13.6. The molecule has 0 saturated carbocycles. The minimum atomic E-state index is 0.210. The predicted molar refractivity (Wildman–Crippen MR) is 146 cm³/mol. The Labute approximate surface area is 215 Å². The lowest BCUT2D eigenvalue weighted by Gasteiger charge is -2.33. The van der Waals surface area contributed by atoms with Gasteiger partial charge in [-0.1, -0.05) is 36.4 Å². The number of piperidine rings is 1. The van der Waals surface area contributed by atoms with E-state index in [1.807, 2.05) is 18.3 Å². The van der Waals surface area contributed by atoms with Gasteiger partial charge in [0.05, 0.1) is 12.7 Å². The predicted octanol–water partition coefficient (Wildman–Crippen LogP) is 6.36. The summed E-state index contributed by atoms with van der Waals surface area (Å²) in [6, 6.07) is 17.2. The Bertz CT molecular complexity index is 1120. The van der Waals surface area contributed by atoms with Crippen LogP contribution >= 0.6 is 0 Å². The van der Waals surface area contributed by atoms with E-state index in [-0.39, 0.29) is 6.10 Å². The molecule has 2 aromatic carbocycles. The minimum Gasteiger partial charge on any atom is -0.488 e. The van der Waals surface area contributed by atoms with Gasteiger partial charge in [-0.3, -0.25) is 0 Å². The number of fused-ring (bicyclic) bond motifs is 1. The number of rotatable bonds is 11. The smallest absolute Gasteiger partial charge is 0.129 e. The molecule has 0 amide bonds. The molecule has 0 spiro atoms. The maximum atomic E-state index is 6.55. The zero-order chi connectivity index (χ0) is 24.6. The van der Waals surface area contributed by atoms with Gasteiger partial charge in [-0.15, -0.1) is 0 Å². The molecule has 2 N–H and O–H groups in total. The highest BCUT2D eigenvalue weighted by molar-refractivity contribution is 5.85. The number of aromatic amines is 1. The summed E-state index contributed by atoms with van der Waals surface area (Å²) in [6.45, 7) is 4.16. The van der Waals surface area contributed by atoms with Crippen molar-refractivity contribution in [2.75, 3.05) is 33.4 Å². The average Bonchev–Trinajstić information content (AvgIpc) is 3.41. The van der Waals surface area contributed by atoms with Crippen molar-refractivity contribution in [3.63, 3.8) is 0 Å². The molecular weight excluding hydrogens is 448 g/mol. The number of aromatic nitrogens is 1. The summed E-state index contributed by atoms with van der Waals surface area (Å²) in [5.41, 5.74) is 5.14. The van der Waals surface area contributed by atoms with Crippen LogP contribution in [0.4, 0.5) is 0 Å². The van der Waals surface area contributed by atoms with Gasteiger partial charge in [-0.2, -0.15) is 0 Å². The van der Waals surface area contributed by atoms with Gasteiger partial charge >= 0.3 is 0 Å². The van der Waals surface area contributed by atoms with Gasteiger partial charge in [0.1, 0.15) is 12.4 Å². The number of benzene rings is 2. The molecule has 2 aliphatic rings. The van der Waals surface area contributed by atoms with Gasteiger partial charge in [0, 0.05) is 43.3 Å². The highest BCUT2D eigenvalue weighted by atomic mass is 16.5. The highest BCUT2D eigenvalue weighted by Gasteiger charge is 2.28. The summed E-state index contributed by atoms with van der Waals surface area (Å²) >= 11 is 0. The molecule has 1 aliphatic carbocycles. The van der Waals surface area contributed by atoms with Gasteiger partial charge in [0.2, 0.25) is 0 Å². The largest absolute Gasteiger partial charge is 0.488 e. The Morgan fingerprint density at radius 1 is 1.00 bits per heavy atom. The normalized spacial score (nSPS) is 22.5. The summed E-state index contributed by atoms with van der Waals surface area (Å²) in [4.78, 5) is 3.24. The van der Waals surface area contributed by atoms with Crippen LogP contribution in [-0.2, 0) is 16.1 Å². The lowest BCUT2D eigenvalue weighted by atomic mass is 9.85. The Balaban J connectivity index is 1.15. The fourth-order valence-electron chi connectivity index (χ4n) is 5.77. The molecule has 3 aromatic rings. The number of ether oxygens (including phenoxy) is 3. The molecule has 0 bridgehead atoms. The van der Waals surface area contributed by atoms with Crippen LogP contribution < -0.4 is 10.1 Å². The molecule has 3 unspecified atom stereocenters. The van der Waals surface area contributed by atoms with Gasteiger partial charge in [-0.25, -0.2) is 0 Å². The maximum Gasteiger partial charge on any atom is 0.129 e. The second-order valence-corrected chi connectivity index (χ2v) is 10.3. The third kappa shape index (κ3) is 6.39. The quantitative estimate of drug-likeness (QED) is 0.243. The fourth-order valence-corrected chi connectivity index (χ4v) is 5.77. The molecule has 1 saturated heterocycles. The van der Waals surface area contributed by atoms with Crippen LogP contribution in [-0.4, -0.2) is 44.5 Å². The van der Waals surface area contributed by atoms with Crippen LogP contribution in [0, 0.1) is 5.92 Å². The summed E-state index contributed by atoms with van der Waals surface area (Å²) < 4.78 is 17.9. The van der Waals surface area contributed by atoms with Crippen LogP contribution in [0.25, 0.3) is 10.9 Å². The summed E-state index contributed by atoms with van der Waals surface area (Å²) in [6.07, 6.45) is 11.8. The lowest BCUT2D eigenvalue weighted by Crippen LogP contribution is -2.41. The number of H-pyrrole nitrogens is 1. The van der Waals surface area contributed by atoms with Crippen molar-refractivity contribution in [2.24, 2.45) is 5.92 Å². The van der Waals surface area contributed by atoms with E-state index >= 15 is 0 Å². The summed E-state index contributed by atoms with van der Waals surface area (Å²) in [7, 11) is 1.79. The van der Waals surface area contributed by atoms with E-state index in [4.69, 9.17) is 14.2 Å². The molecule has 0 radical (unpaired) electrons. The molecule has 192 valence electrons. The zero-order valence-corrected chi connectivity index (χ0v) is 21.5. The lowest BCUT2D eigenvalue weighted by molar-refractivity contribution is 0.0330. The number of hydrogen-bond acceptors (Lipinski definition) is 4. The Morgan fingerprint density at radius 2 is 1.92 bits per heavy atom. The second kappa shape index (κ2) is 12.6. The second-order valence-electron chi connectivity index (χ2n) is 10.3. The van der Waals surface area contributed by atoms with Crippen LogP contribution in [0.15, 0.2) is 66.4 Å². The van der Waals surface area contributed by atoms with Crippen LogP contribution in [0.5, 0.6) is 5.75 Å². The Kier molecular flexibility index (Phi) is 8.76. The molecule has 36 heavy (non-hydrogen) atoms. The van der Waals surface area contributed by atoms with Crippen molar-refractivity contribution in [1.29, 1.82) is 0 Å². The van der Waals surface area contributed by atoms with E-state index < -0.39 is 0 Å². The highest BCUT2D eigenvalue weighted by Crippen LogP contribution is 2.32. The standard InChI is InChI=1S/C31H40N2O3/c1-34-18-4-7-23-5-2-6-25(19-23)22-36-31-20-32-16-14-27(31)26-12-10-24(11-13-26)21-35-30-9-3-8-29-28(30)15-17-33-29/h3,6,8-13,15,17,23,27,31-33H,2,4-5,7,14,16,18-22H2,1H3. The number of allylic oxidation sites excluding steroid dienone is 1. The first kappa shape index (κ1) is 25.1. The zero-order valence-electron chi connectivity index (χ0n) is 21.5. The molecule has 5 rings (SSSR count). The van der Waals surface area contributed by atoms with Crippen molar-refractivity contribution in [2.45, 2.75) is 57.2 Å². The maximum absolute atomic E-state index is 6.55. The minimum absolute atomic E-state index is 0.210. The first-order chi connectivity index (χ1) is 17.8. The van der Waals surface area contributed by atoms with Gasteiger partial charge < -0.3 is 24.5 Å². The van der Waals surface area contributed by atoms with Crippen molar-refractivity contribution in [1.82, 2.24) is 10.3 Å². The van der Waals surface area contributed by atoms with E-state index in [0.29, 0.717) is 12.5 Å². The number of hydrogen-bond donors (Lipinski definition) is 2. The van der Waals surface area contributed by atoms with E-state index in [9.17, 15) is 0 Å². The number of methoxy groups -OCH3 is 1. The molecule has 1 aliphatic heterocycles. The SMILES string of the molecule is COCCCC1CCC=C(COC2CNCCC2c2ccc(COc3cccc4[nH]ccc34)cc2)C1. The molecule has 1 fully saturated rings. The van der Waals surface area contributed by atoms with Crippen molar-refractivity contribution in [3.8, 4) is 5.75 Å². The van der Waals surface area contributed by atoms with Crippen molar-refractivity contribution >= 4 is 10.9 Å². The van der Waals surface area contributed by atoms with Gasteiger partial charge in [0.25, 0.3) is 0 Å². The van der Waals surface area contributed by atoms with E-state index in [2.05, 4.69) is 52.8 Å². The first-order valence-corrected chi connectivity index (χ1v) is 13.6. The molecule has 5 nitrogen and oxygen atoms in total. The van der Waals surface area contributed by atoms with Crippen LogP contribution in [0.2, 0.25) is 0 Å². The van der Waals surface area contributed by atoms with Crippen molar-refractivity contribution in [3.05, 3.63) is 77.5 Å². The molecule has 5 heteroatoms.